The minimum atomic E-state index is -0.940. The van der Waals surface area contributed by atoms with Gasteiger partial charge in [-0.3, -0.25) is 14.7 Å². The first-order chi connectivity index (χ1) is 10.0. The summed E-state index contributed by atoms with van der Waals surface area (Å²) in [7, 11) is 0. The van der Waals surface area contributed by atoms with E-state index >= 15 is 0 Å². The maximum Gasteiger partial charge on any atom is 0.305 e. The van der Waals surface area contributed by atoms with Gasteiger partial charge in [0.1, 0.15) is 0 Å². The van der Waals surface area contributed by atoms with Gasteiger partial charge in [0, 0.05) is 17.9 Å². The molecular weight excluding hydrogens is 270 g/mol. The van der Waals surface area contributed by atoms with Gasteiger partial charge in [0.05, 0.1) is 17.7 Å². The number of aromatic amines is 1. The minimum Gasteiger partial charge on any atom is -0.481 e. The second-order valence-electron chi connectivity index (χ2n) is 4.75. The fourth-order valence-electron chi connectivity index (χ4n) is 2.16. The topological polar surface area (TPSA) is 86.3 Å². The number of amides is 1. The monoisotopic (exact) mass is 287 g/mol. The quantitative estimate of drug-likeness (QED) is 0.882. The molecule has 0 atom stereocenters. The third-order valence-corrected chi connectivity index (χ3v) is 3.20. The number of nitrogens with zero attached hydrogens (tertiary/aromatic N) is 2. The lowest BCUT2D eigenvalue weighted by molar-refractivity contribution is -0.136. The molecule has 0 aliphatic rings. The lowest BCUT2D eigenvalue weighted by Crippen LogP contribution is -2.33. The Bertz CT molecular complexity index is 630. The molecule has 6 heteroatoms. The van der Waals surface area contributed by atoms with Crippen LogP contribution in [-0.2, 0) is 4.79 Å². The number of anilines is 1. The number of H-pyrrole nitrogens is 1. The highest BCUT2D eigenvalue weighted by atomic mass is 16.4. The van der Waals surface area contributed by atoms with Gasteiger partial charge in [-0.15, -0.1) is 0 Å². The summed E-state index contributed by atoms with van der Waals surface area (Å²) in [5.74, 6) is -1.18. The predicted molar refractivity (Wildman–Crippen MR) is 78.4 cm³/mol. The van der Waals surface area contributed by atoms with Gasteiger partial charge >= 0.3 is 5.97 Å². The molecule has 1 aromatic heterocycles. The van der Waals surface area contributed by atoms with Gasteiger partial charge in [0.25, 0.3) is 5.91 Å². The van der Waals surface area contributed by atoms with Gasteiger partial charge in [-0.05, 0) is 26.0 Å². The molecule has 21 heavy (non-hydrogen) atoms. The first kappa shape index (κ1) is 14.8. The van der Waals surface area contributed by atoms with Crippen molar-refractivity contribution < 1.29 is 14.7 Å². The molecule has 0 radical (unpaired) electrons. The smallest absolute Gasteiger partial charge is 0.305 e. The van der Waals surface area contributed by atoms with Crippen molar-refractivity contribution in [3.05, 3.63) is 47.3 Å². The maximum absolute atomic E-state index is 12.7. The number of aromatic nitrogens is 2. The number of hydrogen-bond donors (Lipinski definition) is 2. The Morgan fingerprint density at radius 2 is 1.90 bits per heavy atom. The van der Waals surface area contributed by atoms with Gasteiger partial charge < -0.3 is 10.0 Å². The van der Waals surface area contributed by atoms with E-state index in [9.17, 15) is 9.59 Å². The molecule has 0 fully saturated rings. The number of benzene rings is 1. The molecule has 0 saturated carbocycles. The van der Waals surface area contributed by atoms with E-state index < -0.39 is 5.97 Å². The van der Waals surface area contributed by atoms with E-state index in [0.717, 1.165) is 0 Å². The van der Waals surface area contributed by atoms with Crippen molar-refractivity contribution in [2.75, 3.05) is 11.4 Å². The van der Waals surface area contributed by atoms with Crippen LogP contribution in [0, 0.1) is 13.8 Å². The fourth-order valence-corrected chi connectivity index (χ4v) is 2.16. The highest BCUT2D eigenvalue weighted by molar-refractivity contribution is 6.07. The molecule has 0 bridgehead atoms. The van der Waals surface area contributed by atoms with Crippen LogP contribution in [0.3, 0.4) is 0 Å². The lowest BCUT2D eigenvalue weighted by Gasteiger charge is -2.22. The zero-order valence-electron chi connectivity index (χ0n) is 12.0. The molecular formula is C15H17N3O3. The molecule has 6 nitrogen and oxygen atoms in total. The highest BCUT2D eigenvalue weighted by Gasteiger charge is 2.23. The number of rotatable bonds is 5. The second kappa shape index (κ2) is 6.21. The van der Waals surface area contributed by atoms with Crippen LogP contribution in [0.2, 0.25) is 0 Å². The first-order valence-corrected chi connectivity index (χ1v) is 6.61. The molecule has 2 aromatic rings. The zero-order valence-corrected chi connectivity index (χ0v) is 12.0. The summed E-state index contributed by atoms with van der Waals surface area (Å²) in [4.78, 5) is 25.0. The molecule has 0 saturated heterocycles. The van der Waals surface area contributed by atoms with Crippen LogP contribution in [0.1, 0.15) is 28.2 Å². The van der Waals surface area contributed by atoms with Crippen molar-refractivity contribution in [2.45, 2.75) is 20.3 Å². The molecule has 0 unspecified atom stereocenters. The number of carboxylic acid groups (broad SMARTS) is 1. The summed E-state index contributed by atoms with van der Waals surface area (Å²) < 4.78 is 0. The van der Waals surface area contributed by atoms with Crippen molar-refractivity contribution in [1.29, 1.82) is 0 Å². The molecule has 1 amide bonds. The van der Waals surface area contributed by atoms with E-state index in [-0.39, 0.29) is 18.9 Å². The molecule has 0 spiro atoms. The van der Waals surface area contributed by atoms with Crippen molar-refractivity contribution in [3.63, 3.8) is 0 Å². The molecule has 110 valence electrons. The lowest BCUT2D eigenvalue weighted by atomic mass is 10.1. The Morgan fingerprint density at radius 3 is 2.43 bits per heavy atom. The zero-order chi connectivity index (χ0) is 15.4. The van der Waals surface area contributed by atoms with E-state index in [0.29, 0.717) is 22.6 Å². The third-order valence-electron chi connectivity index (χ3n) is 3.20. The number of nitrogens with one attached hydrogen (secondary N) is 1. The number of carbonyl (C=O) groups is 2. The molecule has 1 aromatic carbocycles. The Hall–Kier alpha value is -2.63. The van der Waals surface area contributed by atoms with Crippen molar-refractivity contribution >= 4 is 17.6 Å². The van der Waals surface area contributed by atoms with Gasteiger partial charge in [0.2, 0.25) is 0 Å². The molecule has 0 aliphatic carbocycles. The van der Waals surface area contributed by atoms with Crippen LogP contribution in [0.15, 0.2) is 30.3 Å². The first-order valence-electron chi connectivity index (χ1n) is 6.61. The van der Waals surface area contributed by atoms with Gasteiger partial charge in [-0.25, -0.2) is 0 Å². The van der Waals surface area contributed by atoms with E-state index in [1.165, 1.54) is 4.90 Å². The Kier molecular flexibility index (Phi) is 4.37. The average molecular weight is 287 g/mol. The summed E-state index contributed by atoms with van der Waals surface area (Å²) >= 11 is 0. The van der Waals surface area contributed by atoms with Crippen LogP contribution >= 0.6 is 0 Å². The SMILES string of the molecule is Cc1n[nH]c(C)c1C(=O)N(CCC(=O)O)c1ccccc1. The number of aryl methyl sites for hydroxylation is 2. The van der Waals surface area contributed by atoms with E-state index in [1.807, 2.05) is 18.2 Å². The number of carboxylic acids is 1. The van der Waals surface area contributed by atoms with Crippen LogP contribution in [0.25, 0.3) is 0 Å². The molecule has 0 aliphatic heterocycles. The number of hydrogen-bond acceptors (Lipinski definition) is 3. The summed E-state index contributed by atoms with van der Waals surface area (Å²) in [5.41, 5.74) is 2.44. The van der Waals surface area contributed by atoms with Gasteiger partial charge in [0.15, 0.2) is 0 Å². The van der Waals surface area contributed by atoms with Gasteiger partial charge in [-0.2, -0.15) is 5.10 Å². The van der Waals surface area contributed by atoms with Crippen LogP contribution in [-0.4, -0.2) is 33.7 Å². The predicted octanol–water partition coefficient (Wildman–Crippen LogP) is 2.15. The summed E-state index contributed by atoms with van der Waals surface area (Å²) in [6.07, 6.45) is -0.115. The Labute approximate surface area is 122 Å². The molecule has 2 rings (SSSR count). The van der Waals surface area contributed by atoms with E-state index in [2.05, 4.69) is 10.2 Å². The summed E-state index contributed by atoms with van der Waals surface area (Å²) in [5, 5.41) is 15.7. The van der Waals surface area contributed by atoms with E-state index in [1.54, 1.807) is 26.0 Å². The van der Waals surface area contributed by atoms with Crippen molar-refractivity contribution in [1.82, 2.24) is 10.2 Å². The number of para-hydroxylation sites is 1. The largest absolute Gasteiger partial charge is 0.481 e. The van der Waals surface area contributed by atoms with Crippen molar-refractivity contribution in [3.8, 4) is 0 Å². The Morgan fingerprint density at radius 1 is 1.24 bits per heavy atom. The number of carbonyl (C=O) groups excluding carboxylic acids is 1. The second-order valence-corrected chi connectivity index (χ2v) is 4.75. The standard InChI is InChI=1S/C15H17N3O3/c1-10-14(11(2)17-16-10)15(21)18(9-8-13(19)20)12-6-4-3-5-7-12/h3-7H,8-9H2,1-2H3,(H,16,17)(H,19,20). The minimum absolute atomic E-state index is 0.113. The summed E-state index contributed by atoms with van der Waals surface area (Å²) in [6, 6.07) is 9.03. The molecule has 2 N–H and O–H groups in total. The molecule has 1 heterocycles. The average Bonchev–Trinajstić information content (AvgIpc) is 2.79. The van der Waals surface area contributed by atoms with Crippen LogP contribution in [0.5, 0.6) is 0 Å². The fraction of sp³-hybridized carbons (Fsp3) is 0.267. The maximum atomic E-state index is 12.7. The van der Waals surface area contributed by atoms with Crippen LogP contribution in [0.4, 0.5) is 5.69 Å². The van der Waals surface area contributed by atoms with E-state index in [4.69, 9.17) is 5.11 Å². The summed E-state index contributed by atoms with van der Waals surface area (Å²) in [6.45, 7) is 3.63. The van der Waals surface area contributed by atoms with Gasteiger partial charge in [-0.1, -0.05) is 18.2 Å². The van der Waals surface area contributed by atoms with Crippen LogP contribution < -0.4 is 4.90 Å². The number of aliphatic carboxylic acids is 1. The normalized spacial score (nSPS) is 10.4. The Balaban J connectivity index is 2.35. The third kappa shape index (κ3) is 3.28. The van der Waals surface area contributed by atoms with Crippen molar-refractivity contribution in [2.24, 2.45) is 0 Å². The highest BCUT2D eigenvalue weighted by Crippen LogP contribution is 2.20.